The van der Waals surface area contributed by atoms with Gasteiger partial charge >= 0.3 is 5.97 Å². The molecule has 2 saturated carbocycles. The van der Waals surface area contributed by atoms with Crippen molar-refractivity contribution < 1.29 is 14.5 Å². The minimum Gasteiger partial charge on any atom is -0.469 e. The summed E-state index contributed by atoms with van der Waals surface area (Å²) in [4.78, 5) is 24.2. The van der Waals surface area contributed by atoms with E-state index >= 15 is 0 Å². The normalized spacial score (nSPS) is 39.1. The molecule has 1 aliphatic heterocycles. The second kappa shape index (κ2) is 10.8. The molecule has 2 aliphatic carbocycles. The van der Waals surface area contributed by atoms with E-state index in [-0.39, 0.29) is 41.0 Å². The number of nitrogens with one attached hydrogen (secondary N) is 4. The first kappa shape index (κ1) is 23.4. The second-order valence-corrected chi connectivity index (χ2v) is 9.55. The lowest BCUT2D eigenvalue weighted by Gasteiger charge is -2.38. The highest BCUT2D eigenvalue weighted by molar-refractivity contribution is 5.72. The predicted molar refractivity (Wildman–Crippen MR) is 115 cm³/mol. The quantitative estimate of drug-likeness (QED) is 0.292. The van der Waals surface area contributed by atoms with E-state index in [4.69, 9.17) is 4.74 Å². The number of rotatable bonds is 2. The first-order chi connectivity index (χ1) is 14.4. The van der Waals surface area contributed by atoms with E-state index in [1.54, 1.807) is 6.92 Å². The number of fused-ring (bicyclic) bond motifs is 2. The van der Waals surface area contributed by atoms with Gasteiger partial charge in [-0.1, -0.05) is 25.7 Å². The minimum atomic E-state index is -1.05. The molecule has 30 heavy (non-hydrogen) atoms. The molecule has 1 heterocycles. The van der Waals surface area contributed by atoms with Gasteiger partial charge in [-0.15, -0.1) is 0 Å². The minimum absolute atomic E-state index is 0.136. The number of ether oxygens (including phenoxy) is 1. The molecule has 0 amide bonds. The van der Waals surface area contributed by atoms with Crippen LogP contribution in [0.15, 0.2) is 0 Å². The van der Waals surface area contributed by atoms with Gasteiger partial charge in [0.2, 0.25) is 5.54 Å². The van der Waals surface area contributed by atoms with Crippen molar-refractivity contribution in [2.75, 3.05) is 33.3 Å². The number of nitro groups is 1. The first-order valence-corrected chi connectivity index (χ1v) is 11.6. The summed E-state index contributed by atoms with van der Waals surface area (Å²) in [5.74, 6) is -0.434. The van der Waals surface area contributed by atoms with Gasteiger partial charge in [-0.3, -0.25) is 14.9 Å². The molecule has 0 bridgehead atoms. The van der Waals surface area contributed by atoms with Crippen molar-refractivity contribution in [3.05, 3.63) is 10.1 Å². The fraction of sp³-hybridized carbons (Fsp3) is 0.952. The summed E-state index contributed by atoms with van der Waals surface area (Å²) < 4.78 is 5.06. The van der Waals surface area contributed by atoms with Crippen LogP contribution in [0.3, 0.4) is 0 Å². The largest absolute Gasteiger partial charge is 0.469 e. The number of esters is 1. The summed E-state index contributed by atoms with van der Waals surface area (Å²) in [7, 11) is 1.45. The number of carbonyl (C=O) groups is 1. The molecule has 3 aliphatic rings. The molecule has 4 atom stereocenters. The van der Waals surface area contributed by atoms with Gasteiger partial charge < -0.3 is 26.0 Å². The first-order valence-electron chi connectivity index (χ1n) is 11.6. The lowest BCUT2D eigenvalue weighted by Crippen LogP contribution is -2.61. The lowest BCUT2D eigenvalue weighted by molar-refractivity contribution is -0.561. The molecule has 3 rings (SSSR count). The standard InChI is InChI=1S/C21H39N5O4/c1-21(26(28)29)13-24-18-9-5-3-7-16(18)22-11-15(20(27)30-2)12-23-17-8-4-6-10-19(17)25-14-21/h15-19,22-25H,3-14H2,1-2H3/t15?,16-,17-,18-,19-,21?/m1/s1. The Balaban J connectivity index is 1.78. The maximum Gasteiger partial charge on any atom is 0.311 e. The molecule has 9 nitrogen and oxygen atoms in total. The van der Waals surface area contributed by atoms with Gasteiger partial charge in [0.05, 0.1) is 26.1 Å². The van der Waals surface area contributed by atoms with Crippen LogP contribution in [0.25, 0.3) is 0 Å². The summed E-state index contributed by atoms with van der Waals surface area (Å²) in [6, 6.07) is 0.768. The number of hydrogen-bond acceptors (Lipinski definition) is 8. The molecule has 172 valence electrons. The van der Waals surface area contributed by atoms with E-state index in [0.717, 1.165) is 51.4 Å². The Morgan fingerprint density at radius 3 is 1.63 bits per heavy atom. The molecule has 0 aromatic carbocycles. The van der Waals surface area contributed by atoms with E-state index in [1.165, 1.54) is 7.11 Å². The number of nitrogens with zero attached hydrogens (tertiary/aromatic N) is 1. The zero-order valence-corrected chi connectivity index (χ0v) is 18.5. The summed E-state index contributed by atoms with van der Waals surface area (Å²) >= 11 is 0. The zero-order chi connectivity index (χ0) is 21.6. The van der Waals surface area contributed by atoms with Gasteiger partial charge in [-0.2, -0.15) is 0 Å². The van der Waals surface area contributed by atoms with Gasteiger partial charge in [0.1, 0.15) is 0 Å². The highest BCUT2D eigenvalue weighted by Crippen LogP contribution is 2.22. The summed E-state index contributed by atoms with van der Waals surface area (Å²) in [5, 5.41) is 26.1. The van der Waals surface area contributed by atoms with Crippen molar-refractivity contribution >= 4 is 5.97 Å². The Labute approximate surface area is 179 Å². The maximum atomic E-state index is 12.4. The topological polar surface area (TPSA) is 118 Å². The summed E-state index contributed by atoms with van der Waals surface area (Å²) in [6.07, 6.45) is 8.51. The van der Waals surface area contributed by atoms with Crippen molar-refractivity contribution in [1.82, 2.24) is 21.3 Å². The van der Waals surface area contributed by atoms with Crippen molar-refractivity contribution in [2.45, 2.75) is 88.0 Å². The summed E-state index contributed by atoms with van der Waals surface area (Å²) in [6.45, 7) is 3.52. The monoisotopic (exact) mass is 425 g/mol. The molecular formula is C21H39N5O4. The number of hydrogen-bond donors (Lipinski definition) is 4. The average Bonchev–Trinajstić information content (AvgIpc) is 2.76. The van der Waals surface area contributed by atoms with Crippen molar-refractivity contribution in [3.63, 3.8) is 0 Å². The third-order valence-electron chi connectivity index (χ3n) is 7.25. The van der Waals surface area contributed by atoms with E-state index in [9.17, 15) is 14.9 Å². The van der Waals surface area contributed by atoms with E-state index < -0.39 is 5.54 Å². The van der Waals surface area contributed by atoms with Gasteiger partial charge in [0.15, 0.2) is 0 Å². The van der Waals surface area contributed by atoms with Gasteiger partial charge in [0.25, 0.3) is 0 Å². The SMILES string of the molecule is COC(=O)C1CN[C@@H]2CCCC[C@H]2NCC(C)([N+](=O)[O-])CN[C@@H]2CCCC[C@H]2NC1. The van der Waals surface area contributed by atoms with Gasteiger partial charge in [0, 0.05) is 49.1 Å². The number of carbonyl (C=O) groups excluding carboxylic acids is 1. The van der Waals surface area contributed by atoms with Crippen LogP contribution in [0.1, 0.15) is 58.3 Å². The van der Waals surface area contributed by atoms with Crippen LogP contribution in [0, 0.1) is 16.0 Å². The van der Waals surface area contributed by atoms with Gasteiger partial charge in [-0.05, 0) is 25.7 Å². The fourth-order valence-electron chi connectivity index (χ4n) is 5.13. The third kappa shape index (κ3) is 5.90. The molecule has 0 unspecified atom stereocenters. The Bertz CT molecular complexity index is 558. The van der Waals surface area contributed by atoms with Crippen molar-refractivity contribution in [2.24, 2.45) is 5.92 Å². The van der Waals surface area contributed by atoms with Crippen LogP contribution in [-0.2, 0) is 9.53 Å². The Kier molecular flexibility index (Phi) is 8.44. The molecule has 0 radical (unpaired) electrons. The molecular weight excluding hydrogens is 386 g/mol. The molecule has 0 aromatic heterocycles. The van der Waals surface area contributed by atoms with E-state index in [1.807, 2.05) is 0 Å². The van der Waals surface area contributed by atoms with Gasteiger partial charge in [-0.25, -0.2) is 0 Å². The Morgan fingerprint density at radius 2 is 1.27 bits per heavy atom. The maximum absolute atomic E-state index is 12.4. The fourth-order valence-corrected chi connectivity index (χ4v) is 5.13. The van der Waals surface area contributed by atoms with Crippen LogP contribution < -0.4 is 21.3 Å². The molecule has 9 heteroatoms. The predicted octanol–water partition coefficient (Wildman–Crippen LogP) is 0.805. The highest BCUT2D eigenvalue weighted by atomic mass is 16.6. The van der Waals surface area contributed by atoms with Crippen LogP contribution in [0.5, 0.6) is 0 Å². The molecule has 1 saturated heterocycles. The molecule has 0 spiro atoms. The zero-order valence-electron chi connectivity index (χ0n) is 18.5. The Morgan fingerprint density at radius 1 is 0.867 bits per heavy atom. The van der Waals surface area contributed by atoms with Crippen LogP contribution in [0.2, 0.25) is 0 Å². The third-order valence-corrected chi connectivity index (χ3v) is 7.25. The van der Waals surface area contributed by atoms with Crippen molar-refractivity contribution in [1.29, 1.82) is 0 Å². The van der Waals surface area contributed by atoms with Crippen LogP contribution >= 0.6 is 0 Å². The molecule has 3 fully saturated rings. The van der Waals surface area contributed by atoms with E-state index in [2.05, 4.69) is 21.3 Å². The average molecular weight is 426 g/mol. The smallest absolute Gasteiger partial charge is 0.311 e. The number of methoxy groups -OCH3 is 1. The van der Waals surface area contributed by atoms with Crippen LogP contribution in [-0.4, -0.2) is 73.9 Å². The molecule has 4 N–H and O–H groups in total. The summed E-state index contributed by atoms with van der Waals surface area (Å²) in [5.41, 5.74) is -1.05. The highest BCUT2D eigenvalue weighted by Gasteiger charge is 2.40. The van der Waals surface area contributed by atoms with Crippen LogP contribution in [0.4, 0.5) is 0 Å². The van der Waals surface area contributed by atoms with E-state index in [0.29, 0.717) is 26.2 Å². The molecule has 0 aromatic rings. The second-order valence-electron chi connectivity index (χ2n) is 9.55. The lowest BCUT2D eigenvalue weighted by atomic mass is 9.87. The van der Waals surface area contributed by atoms with Crippen molar-refractivity contribution in [3.8, 4) is 0 Å². The Hall–Kier alpha value is -1.29.